The summed E-state index contributed by atoms with van der Waals surface area (Å²) in [5.41, 5.74) is 4.65. The summed E-state index contributed by atoms with van der Waals surface area (Å²) >= 11 is 6.16. The van der Waals surface area contributed by atoms with E-state index < -0.39 is 0 Å². The lowest BCUT2D eigenvalue weighted by Gasteiger charge is -2.20. The largest absolute Gasteiger partial charge is 0.309 e. The Bertz CT molecular complexity index is 783. The fraction of sp³-hybridized carbons (Fsp3) is 0.167. The standard InChI is InChI=1S/C18H17ClN2/c1-12-5-7-15(19)11-16(12)18(20-2)14-6-8-17-13(10-14)4-3-9-21-17/h3-11,18,20H,1-2H3. The number of nitrogens with zero attached hydrogens (tertiary/aromatic N) is 1. The molecule has 0 saturated carbocycles. The molecule has 106 valence electrons. The number of hydrogen-bond donors (Lipinski definition) is 1. The molecule has 0 radical (unpaired) electrons. The van der Waals surface area contributed by atoms with Gasteiger partial charge in [0.25, 0.3) is 0 Å². The van der Waals surface area contributed by atoms with Gasteiger partial charge >= 0.3 is 0 Å². The molecule has 2 nitrogen and oxygen atoms in total. The van der Waals surface area contributed by atoms with Gasteiger partial charge in [0, 0.05) is 16.6 Å². The first kappa shape index (κ1) is 14.1. The number of pyridine rings is 1. The van der Waals surface area contributed by atoms with Crippen LogP contribution in [0.1, 0.15) is 22.7 Å². The molecule has 0 aliphatic heterocycles. The Balaban J connectivity index is 2.11. The molecule has 0 spiro atoms. The van der Waals surface area contributed by atoms with Gasteiger partial charge in [0.2, 0.25) is 0 Å². The van der Waals surface area contributed by atoms with Crippen LogP contribution in [0.3, 0.4) is 0 Å². The molecule has 0 amide bonds. The van der Waals surface area contributed by atoms with Gasteiger partial charge in [-0.3, -0.25) is 4.98 Å². The second-order valence-electron chi connectivity index (χ2n) is 5.18. The van der Waals surface area contributed by atoms with Crippen LogP contribution in [0.5, 0.6) is 0 Å². The first-order valence-electron chi connectivity index (χ1n) is 6.97. The van der Waals surface area contributed by atoms with Crippen LogP contribution in [0.2, 0.25) is 5.02 Å². The lowest BCUT2D eigenvalue weighted by atomic mass is 9.94. The van der Waals surface area contributed by atoms with E-state index in [0.717, 1.165) is 15.9 Å². The van der Waals surface area contributed by atoms with Crippen LogP contribution < -0.4 is 5.32 Å². The van der Waals surface area contributed by atoms with Gasteiger partial charge in [0.05, 0.1) is 11.6 Å². The number of aromatic nitrogens is 1. The molecule has 1 aromatic heterocycles. The highest BCUT2D eigenvalue weighted by Gasteiger charge is 2.15. The average molecular weight is 297 g/mol. The Labute approximate surface area is 129 Å². The van der Waals surface area contributed by atoms with Gasteiger partial charge in [0.15, 0.2) is 0 Å². The third-order valence-corrected chi connectivity index (χ3v) is 4.04. The number of halogens is 1. The average Bonchev–Trinajstić information content (AvgIpc) is 2.51. The zero-order valence-electron chi connectivity index (χ0n) is 12.1. The van der Waals surface area contributed by atoms with Crippen LogP contribution in [0.4, 0.5) is 0 Å². The number of benzene rings is 2. The predicted octanol–water partition coefficient (Wildman–Crippen LogP) is 4.51. The molecule has 0 saturated heterocycles. The molecule has 3 rings (SSSR count). The summed E-state index contributed by atoms with van der Waals surface area (Å²) in [6.07, 6.45) is 1.82. The molecular weight excluding hydrogens is 280 g/mol. The predicted molar refractivity (Wildman–Crippen MR) is 88.8 cm³/mol. The fourth-order valence-electron chi connectivity index (χ4n) is 2.70. The zero-order chi connectivity index (χ0) is 14.8. The maximum absolute atomic E-state index is 6.16. The van der Waals surface area contributed by atoms with Gasteiger partial charge in [-0.25, -0.2) is 0 Å². The van der Waals surface area contributed by atoms with Crippen molar-refractivity contribution in [1.29, 1.82) is 0 Å². The summed E-state index contributed by atoms with van der Waals surface area (Å²) in [7, 11) is 1.97. The minimum absolute atomic E-state index is 0.119. The Morgan fingerprint density at radius 1 is 1.10 bits per heavy atom. The molecule has 0 fully saturated rings. The third-order valence-electron chi connectivity index (χ3n) is 3.80. The highest BCUT2D eigenvalue weighted by Crippen LogP contribution is 2.28. The summed E-state index contributed by atoms with van der Waals surface area (Å²) in [5, 5.41) is 5.30. The molecule has 0 aliphatic rings. The van der Waals surface area contributed by atoms with Crippen molar-refractivity contribution in [3.8, 4) is 0 Å². The van der Waals surface area contributed by atoms with Crippen molar-refractivity contribution >= 4 is 22.5 Å². The number of nitrogens with one attached hydrogen (secondary N) is 1. The van der Waals surface area contributed by atoms with Crippen LogP contribution in [-0.4, -0.2) is 12.0 Å². The minimum atomic E-state index is 0.119. The second kappa shape index (κ2) is 5.84. The van der Waals surface area contributed by atoms with E-state index in [9.17, 15) is 0 Å². The summed E-state index contributed by atoms with van der Waals surface area (Å²) < 4.78 is 0. The third kappa shape index (κ3) is 2.78. The van der Waals surface area contributed by atoms with Gasteiger partial charge in [-0.1, -0.05) is 29.8 Å². The van der Waals surface area contributed by atoms with Crippen molar-refractivity contribution in [2.45, 2.75) is 13.0 Å². The van der Waals surface area contributed by atoms with Crippen molar-refractivity contribution in [2.24, 2.45) is 0 Å². The second-order valence-corrected chi connectivity index (χ2v) is 5.61. The van der Waals surface area contributed by atoms with Gasteiger partial charge in [0.1, 0.15) is 0 Å². The molecule has 21 heavy (non-hydrogen) atoms. The summed E-state index contributed by atoms with van der Waals surface area (Å²) in [5.74, 6) is 0. The number of fused-ring (bicyclic) bond motifs is 1. The molecule has 0 bridgehead atoms. The topological polar surface area (TPSA) is 24.9 Å². The van der Waals surface area contributed by atoms with Crippen molar-refractivity contribution < 1.29 is 0 Å². The fourth-order valence-corrected chi connectivity index (χ4v) is 2.88. The van der Waals surface area contributed by atoms with E-state index in [2.05, 4.69) is 47.6 Å². The quantitative estimate of drug-likeness (QED) is 0.769. The Hall–Kier alpha value is -1.90. The molecule has 2 aromatic carbocycles. The van der Waals surface area contributed by atoms with E-state index in [1.165, 1.54) is 16.7 Å². The lowest BCUT2D eigenvalue weighted by Crippen LogP contribution is -2.18. The van der Waals surface area contributed by atoms with Gasteiger partial charge in [-0.15, -0.1) is 0 Å². The monoisotopic (exact) mass is 296 g/mol. The number of hydrogen-bond acceptors (Lipinski definition) is 2. The maximum Gasteiger partial charge on any atom is 0.0702 e. The Morgan fingerprint density at radius 2 is 1.95 bits per heavy atom. The maximum atomic E-state index is 6.16. The van der Waals surface area contributed by atoms with Crippen molar-refractivity contribution in [2.75, 3.05) is 7.05 Å². The first-order chi connectivity index (χ1) is 10.2. The highest BCUT2D eigenvalue weighted by atomic mass is 35.5. The van der Waals surface area contributed by atoms with Crippen LogP contribution in [0.15, 0.2) is 54.7 Å². The van der Waals surface area contributed by atoms with Crippen molar-refractivity contribution in [1.82, 2.24) is 10.3 Å². The van der Waals surface area contributed by atoms with Crippen LogP contribution in [-0.2, 0) is 0 Å². The Kier molecular flexibility index (Phi) is 3.91. The van der Waals surface area contributed by atoms with Gasteiger partial charge < -0.3 is 5.32 Å². The molecular formula is C18H17ClN2. The number of rotatable bonds is 3. The van der Waals surface area contributed by atoms with E-state index in [1.807, 2.05) is 31.4 Å². The van der Waals surface area contributed by atoms with E-state index in [1.54, 1.807) is 0 Å². The normalized spacial score (nSPS) is 12.5. The smallest absolute Gasteiger partial charge is 0.0702 e. The van der Waals surface area contributed by atoms with Crippen LogP contribution in [0.25, 0.3) is 10.9 Å². The molecule has 1 atom stereocenters. The molecule has 1 unspecified atom stereocenters. The SMILES string of the molecule is CNC(c1ccc2ncccc2c1)c1cc(Cl)ccc1C. The zero-order valence-corrected chi connectivity index (χ0v) is 12.9. The van der Waals surface area contributed by atoms with Crippen molar-refractivity contribution in [3.63, 3.8) is 0 Å². The highest BCUT2D eigenvalue weighted by molar-refractivity contribution is 6.30. The van der Waals surface area contributed by atoms with Gasteiger partial charge in [-0.05, 0) is 61.0 Å². The van der Waals surface area contributed by atoms with Gasteiger partial charge in [-0.2, -0.15) is 0 Å². The summed E-state index contributed by atoms with van der Waals surface area (Å²) in [4.78, 5) is 4.37. The molecule has 1 heterocycles. The summed E-state index contributed by atoms with van der Waals surface area (Å²) in [6, 6.07) is 16.6. The summed E-state index contributed by atoms with van der Waals surface area (Å²) in [6.45, 7) is 2.11. The first-order valence-corrected chi connectivity index (χ1v) is 7.35. The van der Waals surface area contributed by atoms with E-state index in [0.29, 0.717) is 0 Å². The minimum Gasteiger partial charge on any atom is -0.309 e. The van der Waals surface area contributed by atoms with E-state index >= 15 is 0 Å². The van der Waals surface area contributed by atoms with E-state index in [4.69, 9.17) is 11.6 Å². The van der Waals surface area contributed by atoms with Crippen molar-refractivity contribution in [3.05, 3.63) is 76.4 Å². The molecule has 0 aliphatic carbocycles. The van der Waals surface area contributed by atoms with Crippen LogP contribution >= 0.6 is 11.6 Å². The lowest BCUT2D eigenvalue weighted by molar-refractivity contribution is 0.688. The number of aryl methyl sites for hydroxylation is 1. The molecule has 3 heteroatoms. The van der Waals surface area contributed by atoms with E-state index in [-0.39, 0.29) is 6.04 Å². The molecule has 1 N–H and O–H groups in total. The Morgan fingerprint density at radius 3 is 2.76 bits per heavy atom. The molecule has 3 aromatic rings. The van der Waals surface area contributed by atoms with Crippen LogP contribution in [0, 0.1) is 6.92 Å².